The summed E-state index contributed by atoms with van der Waals surface area (Å²) in [6, 6.07) is 0. The minimum atomic E-state index is -1.97. The van der Waals surface area contributed by atoms with E-state index >= 15 is 0 Å². The predicted molar refractivity (Wildman–Crippen MR) is 150 cm³/mol. The van der Waals surface area contributed by atoms with E-state index in [1.807, 2.05) is 13.8 Å². The van der Waals surface area contributed by atoms with E-state index in [4.69, 9.17) is 9.16 Å². The highest BCUT2D eigenvalue weighted by atomic mass is 28.4. The number of ether oxygens (including phenoxy) is 1. The third-order valence-corrected chi connectivity index (χ3v) is 12.1. The van der Waals surface area contributed by atoms with Crippen LogP contribution >= 0.6 is 0 Å². The Morgan fingerprint density at radius 1 is 1.11 bits per heavy atom. The van der Waals surface area contributed by atoms with Gasteiger partial charge in [0.25, 0.3) is 0 Å². The molecular formula is C30H54O4Si. The van der Waals surface area contributed by atoms with Crippen LogP contribution in [0.2, 0.25) is 18.1 Å². The molecule has 0 aromatic carbocycles. The van der Waals surface area contributed by atoms with Crippen molar-refractivity contribution in [2.45, 2.75) is 137 Å². The minimum Gasteiger partial charge on any atom is -0.463 e. The molecule has 0 aromatic rings. The summed E-state index contributed by atoms with van der Waals surface area (Å²) in [4.78, 5) is 24.8. The Labute approximate surface area is 217 Å². The second-order valence-electron chi connectivity index (χ2n) is 12.3. The number of esters is 1. The number of allylic oxidation sites excluding steroid dienone is 3. The largest absolute Gasteiger partial charge is 0.463 e. The summed E-state index contributed by atoms with van der Waals surface area (Å²) in [6.07, 6.45) is 17.1. The van der Waals surface area contributed by atoms with Crippen molar-refractivity contribution in [2.75, 3.05) is 0 Å². The van der Waals surface area contributed by atoms with E-state index in [-0.39, 0.29) is 35.1 Å². The molecule has 1 fully saturated rings. The molecule has 0 amide bonds. The summed E-state index contributed by atoms with van der Waals surface area (Å²) in [5.74, 6) is 0.824. The van der Waals surface area contributed by atoms with Crippen LogP contribution in [0.25, 0.3) is 0 Å². The number of hydrogen-bond donors (Lipinski definition) is 0. The first-order chi connectivity index (χ1) is 16.3. The highest BCUT2D eigenvalue weighted by molar-refractivity contribution is 6.74. The van der Waals surface area contributed by atoms with Gasteiger partial charge in [-0.1, -0.05) is 78.2 Å². The Hall–Kier alpha value is -1.20. The molecule has 0 heterocycles. The van der Waals surface area contributed by atoms with Gasteiger partial charge in [-0.05, 0) is 63.6 Å². The molecule has 1 aliphatic carbocycles. The number of hydrogen-bond acceptors (Lipinski definition) is 4. The zero-order valence-electron chi connectivity index (χ0n) is 24.2. The van der Waals surface area contributed by atoms with Crippen LogP contribution in [0.15, 0.2) is 24.3 Å². The number of Topliss-reactive ketones (excluding diaryl/α,β-unsaturated/α-hetero) is 1. The number of ketones is 1. The Bertz CT molecular complexity index is 702. The zero-order valence-corrected chi connectivity index (χ0v) is 25.2. The van der Waals surface area contributed by atoms with Crippen LogP contribution in [0.1, 0.15) is 106 Å². The second-order valence-corrected chi connectivity index (χ2v) is 17.0. The van der Waals surface area contributed by atoms with Gasteiger partial charge in [0.2, 0.25) is 0 Å². The summed E-state index contributed by atoms with van der Waals surface area (Å²) < 4.78 is 12.0. The highest BCUT2D eigenvalue weighted by Crippen LogP contribution is 2.43. The first-order valence-corrected chi connectivity index (χ1v) is 16.9. The maximum atomic E-state index is 13.1. The van der Waals surface area contributed by atoms with E-state index < -0.39 is 8.32 Å². The molecule has 4 nitrogen and oxygen atoms in total. The minimum absolute atomic E-state index is 0.0216. The van der Waals surface area contributed by atoms with Gasteiger partial charge in [-0.15, -0.1) is 0 Å². The monoisotopic (exact) mass is 506 g/mol. The van der Waals surface area contributed by atoms with Gasteiger partial charge in [-0.3, -0.25) is 9.59 Å². The van der Waals surface area contributed by atoms with Gasteiger partial charge in [-0.25, -0.2) is 0 Å². The molecule has 202 valence electrons. The Morgan fingerprint density at radius 3 is 2.40 bits per heavy atom. The number of unbranched alkanes of at least 4 members (excludes halogenated alkanes) is 3. The highest BCUT2D eigenvalue weighted by Gasteiger charge is 2.46. The molecule has 4 atom stereocenters. The van der Waals surface area contributed by atoms with Gasteiger partial charge in [0.15, 0.2) is 8.32 Å². The van der Waals surface area contributed by atoms with Crippen molar-refractivity contribution in [1.29, 1.82) is 0 Å². The number of carbonyl (C=O) groups is 2. The third kappa shape index (κ3) is 11.6. The quantitative estimate of drug-likeness (QED) is 0.0968. The fourth-order valence-corrected chi connectivity index (χ4v) is 5.71. The molecule has 0 radical (unpaired) electrons. The molecule has 0 saturated heterocycles. The van der Waals surface area contributed by atoms with Crippen LogP contribution in [0.4, 0.5) is 0 Å². The van der Waals surface area contributed by atoms with Gasteiger partial charge in [0, 0.05) is 24.7 Å². The lowest BCUT2D eigenvalue weighted by molar-refractivity contribution is -0.147. The molecule has 0 bridgehead atoms. The topological polar surface area (TPSA) is 52.6 Å². The van der Waals surface area contributed by atoms with Crippen molar-refractivity contribution in [3.8, 4) is 0 Å². The van der Waals surface area contributed by atoms with E-state index in [0.717, 1.165) is 19.3 Å². The van der Waals surface area contributed by atoms with Gasteiger partial charge >= 0.3 is 5.97 Å². The van der Waals surface area contributed by atoms with E-state index in [1.54, 1.807) is 0 Å². The van der Waals surface area contributed by atoms with Gasteiger partial charge in [0.1, 0.15) is 5.78 Å². The molecular weight excluding hydrogens is 452 g/mol. The lowest BCUT2D eigenvalue weighted by Crippen LogP contribution is -2.45. The van der Waals surface area contributed by atoms with Crippen LogP contribution in [0.3, 0.4) is 0 Å². The Kier molecular flexibility index (Phi) is 13.8. The van der Waals surface area contributed by atoms with Crippen molar-refractivity contribution >= 4 is 20.1 Å². The van der Waals surface area contributed by atoms with Crippen LogP contribution < -0.4 is 0 Å². The first kappa shape index (κ1) is 31.8. The maximum absolute atomic E-state index is 13.1. The summed E-state index contributed by atoms with van der Waals surface area (Å²) in [7, 11) is -1.97. The van der Waals surface area contributed by atoms with E-state index in [2.05, 4.69) is 72.0 Å². The number of carbonyl (C=O) groups excluding carboxylic acids is 2. The average Bonchev–Trinajstić information content (AvgIpc) is 3.01. The lowest BCUT2D eigenvalue weighted by Gasteiger charge is -2.39. The van der Waals surface area contributed by atoms with Crippen molar-refractivity contribution in [1.82, 2.24) is 0 Å². The van der Waals surface area contributed by atoms with Gasteiger partial charge in [-0.2, -0.15) is 0 Å². The molecule has 1 unspecified atom stereocenters. The zero-order chi connectivity index (χ0) is 26.6. The summed E-state index contributed by atoms with van der Waals surface area (Å²) in [6.45, 7) is 19.6. The molecule has 1 aliphatic rings. The molecule has 1 saturated carbocycles. The van der Waals surface area contributed by atoms with Crippen LogP contribution in [0.5, 0.6) is 0 Å². The standard InChI is InChI=1S/C30H54O4Si/c1-10-11-14-17-24(4)20-21-26-25(18-15-12-13-16-19-29(32)33-23(2)3)27(31)22-28(26)34-35(8,9)30(5,6)7/h12,15,20-21,23-26,28H,10-11,13-14,16-19,22H2,1-9H3/b15-12-,21-20+/t24-,25-,26-,28?/m1/s1. The summed E-state index contributed by atoms with van der Waals surface area (Å²) in [5, 5.41) is 0.118. The van der Waals surface area contributed by atoms with E-state index in [9.17, 15) is 9.59 Å². The number of rotatable bonds is 15. The van der Waals surface area contributed by atoms with Crippen molar-refractivity contribution in [3.63, 3.8) is 0 Å². The fourth-order valence-electron chi connectivity index (χ4n) is 4.36. The Morgan fingerprint density at radius 2 is 1.80 bits per heavy atom. The van der Waals surface area contributed by atoms with Crippen LogP contribution in [-0.4, -0.2) is 32.3 Å². The van der Waals surface area contributed by atoms with Crippen LogP contribution in [-0.2, 0) is 18.8 Å². The van der Waals surface area contributed by atoms with Gasteiger partial charge < -0.3 is 9.16 Å². The van der Waals surface area contributed by atoms with Gasteiger partial charge in [0.05, 0.1) is 12.2 Å². The average molecular weight is 507 g/mol. The van der Waals surface area contributed by atoms with Crippen molar-refractivity contribution < 1.29 is 18.8 Å². The SMILES string of the molecule is CCCCC[C@@H](C)/C=C/[C@H]1C(O[Si](C)(C)C(C)(C)C)CC(=O)[C@@H]1C/C=C\CCCC(=O)OC(C)C. The first-order valence-electron chi connectivity index (χ1n) is 14.0. The second kappa shape index (κ2) is 15.1. The van der Waals surface area contributed by atoms with Crippen LogP contribution in [0, 0.1) is 17.8 Å². The summed E-state index contributed by atoms with van der Waals surface area (Å²) >= 11 is 0. The lowest BCUT2D eigenvalue weighted by atomic mass is 9.89. The molecule has 0 spiro atoms. The predicted octanol–water partition coefficient (Wildman–Crippen LogP) is 8.42. The Balaban J connectivity index is 2.83. The summed E-state index contributed by atoms with van der Waals surface area (Å²) in [5.41, 5.74) is 0. The van der Waals surface area contributed by atoms with Crippen molar-refractivity contribution in [2.24, 2.45) is 17.8 Å². The smallest absolute Gasteiger partial charge is 0.306 e. The maximum Gasteiger partial charge on any atom is 0.306 e. The molecule has 1 rings (SSSR count). The molecule has 0 aromatic heterocycles. The van der Waals surface area contributed by atoms with E-state index in [0.29, 0.717) is 24.5 Å². The normalized spacial score (nSPS) is 22.6. The third-order valence-electron chi connectivity index (χ3n) is 7.56. The van der Waals surface area contributed by atoms with E-state index in [1.165, 1.54) is 25.7 Å². The molecule has 35 heavy (non-hydrogen) atoms. The molecule has 0 N–H and O–H groups in total. The fraction of sp³-hybridized carbons (Fsp3) is 0.800. The van der Waals surface area contributed by atoms with Crippen molar-refractivity contribution in [3.05, 3.63) is 24.3 Å². The molecule has 0 aliphatic heterocycles. The molecule has 5 heteroatoms.